The van der Waals surface area contributed by atoms with E-state index in [0.29, 0.717) is 24.8 Å². The molecule has 0 radical (unpaired) electrons. The molecule has 0 saturated heterocycles. The Morgan fingerprint density at radius 2 is 2.12 bits per heavy atom. The van der Waals surface area contributed by atoms with Gasteiger partial charge in [-0.25, -0.2) is 9.67 Å². The summed E-state index contributed by atoms with van der Waals surface area (Å²) in [7, 11) is 0. The summed E-state index contributed by atoms with van der Waals surface area (Å²) in [6.07, 6.45) is 7.42. The molecule has 4 N–H and O–H groups in total. The minimum Gasteiger partial charge on any atom is -0.368 e. The Bertz CT molecular complexity index is 707. The monoisotopic (exact) mass is 343 g/mol. The summed E-state index contributed by atoms with van der Waals surface area (Å²) < 4.78 is 1.80. The van der Waals surface area contributed by atoms with Crippen molar-refractivity contribution in [2.75, 3.05) is 18.4 Å². The molecule has 0 aromatic carbocycles. The third-order valence-electron chi connectivity index (χ3n) is 4.57. The Labute approximate surface area is 147 Å². The zero-order valence-corrected chi connectivity index (χ0v) is 14.5. The molecular weight excluding hydrogens is 318 g/mol. The molecule has 1 amide bonds. The van der Waals surface area contributed by atoms with Crippen molar-refractivity contribution in [1.82, 2.24) is 25.3 Å². The number of pyridine rings is 1. The van der Waals surface area contributed by atoms with Crippen LogP contribution in [0.1, 0.15) is 47.8 Å². The summed E-state index contributed by atoms with van der Waals surface area (Å²) in [5.41, 5.74) is 7.35. The number of nitrogens with two attached hydrogens (primary N) is 1. The number of amides is 1. The summed E-state index contributed by atoms with van der Waals surface area (Å²) in [5, 5.41) is 14.2. The summed E-state index contributed by atoms with van der Waals surface area (Å²) >= 11 is 0. The van der Waals surface area contributed by atoms with Crippen LogP contribution < -0.4 is 16.4 Å². The largest absolute Gasteiger partial charge is 0.368 e. The highest BCUT2D eigenvalue weighted by Gasteiger charge is 2.22. The summed E-state index contributed by atoms with van der Waals surface area (Å²) in [6, 6.07) is 4.47. The number of anilines is 1. The number of nitrogens with one attached hydrogen (secondary N) is 2. The number of hydrogen-bond acceptors (Lipinski definition) is 6. The molecule has 0 unspecified atom stereocenters. The molecular formula is C17H25N7O. The van der Waals surface area contributed by atoms with Gasteiger partial charge in [0, 0.05) is 25.3 Å². The minimum atomic E-state index is -0.210. The third kappa shape index (κ3) is 4.54. The Balaban J connectivity index is 1.45. The first-order valence-electron chi connectivity index (χ1n) is 8.74. The van der Waals surface area contributed by atoms with E-state index in [4.69, 9.17) is 5.73 Å². The molecule has 8 nitrogen and oxygen atoms in total. The number of carbonyl (C=O) groups excluding carboxylic acids is 1. The van der Waals surface area contributed by atoms with E-state index in [1.165, 1.54) is 0 Å². The lowest BCUT2D eigenvalue weighted by molar-refractivity contribution is 0.0950. The first kappa shape index (κ1) is 17.3. The van der Waals surface area contributed by atoms with Crippen molar-refractivity contribution in [1.29, 1.82) is 0 Å². The van der Waals surface area contributed by atoms with Gasteiger partial charge in [0.05, 0.1) is 12.2 Å². The van der Waals surface area contributed by atoms with E-state index >= 15 is 0 Å². The van der Waals surface area contributed by atoms with Crippen LogP contribution in [0.5, 0.6) is 0 Å². The molecule has 8 heteroatoms. The van der Waals surface area contributed by atoms with E-state index in [2.05, 4.69) is 25.9 Å². The SMILES string of the molecule is Cc1cccnc1NCCNC(=O)c1cn(C2CCC(N)CC2)nn1. The average molecular weight is 343 g/mol. The normalized spacial score (nSPS) is 20.2. The topological polar surface area (TPSA) is 111 Å². The second-order valence-corrected chi connectivity index (χ2v) is 6.50. The standard InChI is InChI=1S/C17H25N7O/c1-12-3-2-8-19-16(12)20-9-10-21-17(25)15-11-24(23-22-15)14-6-4-13(18)5-7-14/h2-3,8,11,13-14H,4-7,9-10,18H2,1H3,(H,19,20)(H,21,25). The minimum absolute atomic E-state index is 0.210. The van der Waals surface area contributed by atoms with Gasteiger partial charge in [-0.3, -0.25) is 4.79 Å². The predicted octanol–water partition coefficient (Wildman–Crippen LogP) is 1.27. The van der Waals surface area contributed by atoms with Crippen LogP contribution in [0.4, 0.5) is 5.82 Å². The number of aromatic nitrogens is 4. The lowest BCUT2D eigenvalue weighted by atomic mass is 9.92. The molecule has 0 aliphatic heterocycles. The van der Waals surface area contributed by atoms with Crippen LogP contribution in [0.3, 0.4) is 0 Å². The van der Waals surface area contributed by atoms with Gasteiger partial charge in [0.15, 0.2) is 5.69 Å². The third-order valence-corrected chi connectivity index (χ3v) is 4.57. The van der Waals surface area contributed by atoms with Crippen LogP contribution in [-0.2, 0) is 0 Å². The van der Waals surface area contributed by atoms with Crippen LogP contribution in [0.2, 0.25) is 0 Å². The fourth-order valence-electron chi connectivity index (χ4n) is 3.04. The molecule has 0 bridgehead atoms. The van der Waals surface area contributed by atoms with Gasteiger partial charge in [-0.1, -0.05) is 11.3 Å². The molecule has 134 valence electrons. The molecule has 3 rings (SSSR count). The van der Waals surface area contributed by atoms with E-state index < -0.39 is 0 Å². The maximum absolute atomic E-state index is 12.2. The molecule has 25 heavy (non-hydrogen) atoms. The van der Waals surface area contributed by atoms with Crippen LogP contribution in [0, 0.1) is 6.92 Å². The van der Waals surface area contributed by atoms with Crippen molar-refractivity contribution in [3.8, 4) is 0 Å². The van der Waals surface area contributed by atoms with Gasteiger partial charge in [0.1, 0.15) is 5.82 Å². The first-order chi connectivity index (χ1) is 12.1. The average Bonchev–Trinajstić information content (AvgIpc) is 3.11. The number of rotatable bonds is 6. The van der Waals surface area contributed by atoms with Gasteiger partial charge in [-0.2, -0.15) is 0 Å². The van der Waals surface area contributed by atoms with Crippen LogP contribution in [0.15, 0.2) is 24.5 Å². The molecule has 1 aliphatic rings. The maximum atomic E-state index is 12.2. The number of aryl methyl sites for hydroxylation is 1. The molecule has 0 spiro atoms. The highest BCUT2D eigenvalue weighted by molar-refractivity contribution is 5.91. The van der Waals surface area contributed by atoms with Crippen molar-refractivity contribution in [2.45, 2.75) is 44.7 Å². The van der Waals surface area contributed by atoms with Gasteiger partial charge in [0.2, 0.25) is 0 Å². The summed E-state index contributed by atoms with van der Waals surface area (Å²) in [6.45, 7) is 3.07. The zero-order chi connectivity index (χ0) is 17.6. The van der Waals surface area contributed by atoms with Gasteiger partial charge < -0.3 is 16.4 Å². The van der Waals surface area contributed by atoms with E-state index in [9.17, 15) is 4.79 Å². The molecule has 1 fully saturated rings. The smallest absolute Gasteiger partial charge is 0.273 e. The zero-order valence-electron chi connectivity index (χ0n) is 14.5. The fraction of sp³-hybridized carbons (Fsp3) is 0.529. The van der Waals surface area contributed by atoms with Crippen molar-refractivity contribution >= 4 is 11.7 Å². The molecule has 2 aromatic heterocycles. The van der Waals surface area contributed by atoms with Crippen molar-refractivity contribution < 1.29 is 4.79 Å². The van der Waals surface area contributed by atoms with Gasteiger partial charge >= 0.3 is 0 Å². The van der Waals surface area contributed by atoms with Crippen LogP contribution in [0.25, 0.3) is 0 Å². The summed E-state index contributed by atoms with van der Waals surface area (Å²) in [4.78, 5) is 16.4. The highest BCUT2D eigenvalue weighted by atomic mass is 16.2. The van der Waals surface area contributed by atoms with E-state index in [-0.39, 0.29) is 11.9 Å². The lowest BCUT2D eigenvalue weighted by Gasteiger charge is -2.25. The quantitative estimate of drug-likeness (QED) is 0.681. The first-order valence-corrected chi connectivity index (χ1v) is 8.74. The second-order valence-electron chi connectivity index (χ2n) is 6.50. The molecule has 2 aromatic rings. The molecule has 0 atom stereocenters. The Morgan fingerprint density at radius 1 is 1.32 bits per heavy atom. The Morgan fingerprint density at radius 3 is 2.88 bits per heavy atom. The van der Waals surface area contributed by atoms with Crippen molar-refractivity contribution in [3.05, 3.63) is 35.8 Å². The lowest BCUT2D eigenvalue weighted by Crippen LogP contribution is -2.29. The van der Waals surface area contributed by atoms with Crippen molar-refractivity contribution in [2.24, 2.45) is 5.73 Å². The van der Waals surface area contributed by atoms with Crippen LogP contribution in [-0.4, -0.2) is 45.0 Å². The van der Waals surface area contributed by atoms with E-state index in [1.54, 1.807) is 17.1 Å². The fourth-order valence-corrected chi connectivity index (χ4v) is 3.04. The molecule has 1 saturated carbocycles. The maximum Gasteiger partial charge on any atom is 0.273 e. The van der Waals surface area contributed by atoms with Crippen LogP contribution >= 0.6 is 0 Å². The van der Waals surface area contributed by atoms with Gasteiger partial charge in [-0.15, -0.1) is 5.10 Å². The number of carbonyl (C=O) groups is 1. The van der Waals surface area contributed by atoms with Gasteiger partial charge in [0.25, 0.3) is 5.91 Å². The van der Waals surface area contributed by atoms with E-state index in [1.807, 2.05) is 19.1 Å². The number of nitrogens with zero attached hydrogens (tertiary/aromatic N) is 4. The van der Waals surface area contributed by atoms with E-state index in [0.717, 1.165) is 37.1 Å². The second kappa shape index (κ2) is 8.06. The number of hydrogen-bond donors (Lipinski definition) is 3. The predicted molar refractivity (Wildman–Crippen MR) is 95.3 cm³/mol. The molecule has 2 heterocycles. The van der Waals surface area contributed by atoms with Crippen molar-refractivity contribution in [3.63, 3.8) is 0 Å². The summed E-state index contributed by atoms with van der Waals surface area (Å²) in [5.74, 6) is 0.622. The highest BCUT2D eigenvalue weighted by Crippen LogP contribution is 2.26. The molecule has 1 aliphatic carbocycles. The van der Waals surface area contributed by atoms with Gasteiger partial charge in [-0.05, 0) is 44.2 Å². The Hall–Kier alpha value is -2.48. The Kier molecular flexibility index (Phi) is 5.60.